The number of halogens is 2. The van der Waals surface area contributed by atoms with E-state index in [-0.39, 0.29) is 18.7 Å². The van der Waals surface area contributed by atoms with Crippen LogP contribution in [0, 0.1) is 5.92 Å². The second kappa shape index (κ2) is 9.43. The molecule has 1 aromatic heterocycles. The molecule has 1 aliphatic carbocycles. The van der Waals surface area contributed by atoms with Crippen molar-refractivity contribution in [3.05, 3.63) is 126 Å². The zero-order chi connectivity index (χ0) is 29.5. The van der Waals surface area contributed by atoms with Crippen molar-refractivity contribution < 1.29 is 14.7 Å². The maximum Gasteiger partial charge on any atom is 0.347 e. The third-order valence-electron chi connectivity index (χ3n) is 8.92. The van der Waals surface area contributed by atoms with Crippen LogP contribution in [-0.4, -0.2) is 30.9 Å². The number of benzene rings is 3. The van der Waals surface area contributed by atoms with Crippen LogP contribution in [0.1, 0.15) is 29.5 Å². The van der Waals surface area contributed by atoms with Crippen molar-refractivity contribution in [2.75, 3.05) is 4.90 Å². The number of aromatic nitrogens is 3. The largest absolute Gasteiger partial charge is 0.508 e. The van der Waals surface area contributed by atoms with E-state index >= 15 is 4.79 Å². The third-order valence-corrected chi connectivity index (χ3v) is 9.65. The number of carbonyl (C=O) groups is 2. The average Bonchev–Trinajstić information content (AvgIpc) is 3.35. The first-order valence-electron chi connectivity index (χ1n) is 13.4. The first-order chi connectivity index (χ1) is 20.2. The number of carbonyl (C=O) groups excluding carboxylic acids is 2. The lowest BCUT2D eigenvalue weighted by molar-refractivity contribution is -0.124. The van der Waals surface area contributed by atoms with Crippen molar-refractivity contribution in [3.63, 3.8) is 0 Å². The van der Waals surface area contributed by atoms with Gasteiger partial charge in [0.2, 0.25) is 11.8 Å². The highest BCUT2D eigenvalue weighted by atomic mass is 79.9. The highest BCUT2D eigenvalue weighted by Crippen LogP contribution is 2.63. The Hall–Kier alpha value is -4.15. The van der Waals surface area contributed by atoms with Gasteiger partial charge in [-0.25, -0.2) is 28.4 Å². The molecule has 11 heteroatoms. The summed E-state index contributed by atoms with van der Waals surface area (Å²) in [5.41, 5.74) is -0.374. The molecule has 212 valence electrons. The molecular weight excluding hydrogens is 624 g/mol. The molecule has 0 bridgehead atoms. The first kappa shape index (κ1) is 26.7. The Morgan fingerprint density at radius 1 is 0.952 bits per heavy atom. The Bertz CT molecular complexity index is 1960. The number of nitrogens with zero attached hydrogens (tertiary/aromatic N) is 4. The molecule has 2 amide bonds. The topological polar surface area (TPSA) is 107 Å². The van der Waals surface area contributed by atoms with Crippen LogP contribution >= 0.6 is 27.5 Å². The van der Waals surface area contributed by atoms with E-state index in [0.29, 0.717) is 31.9 Å². The molecule has 0 spiro atoms. The van der Waals surface area contributed by atoms with Gasteiger partial charge in [0.1, 0.15) is 5.75 Å². The van der Waals surface area contributed by atoms with Crippen LogP contribution < -0.4 is 16.3 Å². The summed E-state index contributed by atoms with van der Waals surface area (Å²) in [6, 6.07) is 20.0. The summed E-state index contributed by atoms with van der Waals surface area (Å²) in [5.74, 6) is -2.72. The van der Waals surface area contributed by atoms with Gasteiger partial charge >= 0.3 is 11.4 Å². The van der Waals surface area contributed by atoms with Crippen molar-refractivity contribution in [2.24, 2.45) is 13.0 Å². The van der Waals surface area contributed by atoms with Gasteiger partial charge in [-0.1, -0.05) is 70.0 Å². The SMILES string of the molecule is Cn1c(=O)n2n(c1=O)[C@@H]1C[C@H]3C(=O)N(c4cccc(Cl)c4)C(=O)[C@@]3(c3ccccc3)[C@@H](c3cc(Br)ccc3O)C1=CC2. The molecule has 1 N–H and O–H groups in total. The number of phenols is 1. The van der Waals surface area contributed by atoms with E-state index in [4.69, 9.17) is 11.6 Å². The number of fused-ring (bicyclic) bond motifs is 4. The molecule has 3 aromatic carbocycles. The van der Waals surface area contributed by atoms with Gasteiger partial charge in [-0.2, -0.15) is 0 Å². The predicted molar refractivity (Wildman–Crippen MR) is 160 cm³/mol. The standard InChI is InChI=1S/C31H24BrClN4O5/c1-34-29(41)35-13-12-21-24(37(35)30(34)42)16-23-27(39)36(20-9-5-8-19(33)15-20)28(40)31(23,17-6-3-2-4-7-17)26(21)22-14-18(32)10-11-25(22)38/h2-12,14-15,23-24,26,38H,13,16H2,1H3/t23-,24+,26+,31+/m0/s1. The molecule has 0 unspecified atom stereocenters. The molecule has 1 saturated heterocycles. The van der Waals surface area contributed by atoms with Gasteiger partial charge in [0.25, 0.3) is 0 Å². The molecule has 3 heterocycles. The third kappa shape index (κ3) is 3.48. The average molecular weight is 648 g/mol. The number of imide groups is 1. The normalized spacial score (nSPS) is 24.7. The van der Waals surface area contributed by atoms with Gasteiger partial charge in [0.05, 0.1) is 29.6 Å². The highest BCUT2D eigenvalue weighted by molar-refractivity contribution is 9.10. The first-order valence-corrected chi connectivity index (χ1v) is 14.6. The molecule has 1 saturated carbocycles. The Morgan fingerprint density at radius 2 is 1.71 bits per heavy atom. The van der Waals surface area contributed by atoms with Crippen molar-refractivity contribution in [2.45, 2.75) is 30.3 Å². The smallest absolute Gasteiger partial charge is 0.347 e. The maximum absolute atomic E-state index is 15.0. The van der Waals surface area contributed by atoms with Crippen LogP contribution in [0.4, 0.5) is 5.69 Å². The zero-order valence-electron chi connectivity index (χ0n) is 22.3. The van der Waals surface area contributed by atoms with Crippen molar-refractivity contribution in [1.29, 1.82) is 0 Å². The monoisotopic (exact) mass is 646 g/mol. The summed E-state index contributed by atoms with van der Waals surface area (Å²) in [7, 11) is 1.42. The van der Waals surface area contributed by atoms with Gasteiger partial charge in [0, 0.05) is 28.0 Å². The summed E-state index contributed by atoms with van der Waals surface area (Å²) >= 11 is 9.83. The fourth-order valence-corrected chi connectivity index (χ4v) is 7.78. The van der Waals surface area contributed by atoms with Crippen LogP contribution in [0.15, 0.2) is 98.5 Å². The second-order valence-electron chi connectivity index (χ2n) is 10.9. The van der Waals surface area contributed by atoms with E-state index in [2.05, 4.69) is 15.9 Å². The molecule has 4 aromatic rings. The summed E-state index contributed by atoms with van der Waals surface area (Å²) in [4.78, 5) is 57.1. The van der Waals surface area contributed by atoms with Crippen LogP contribution in [-0.2, 0) is 28.6 Å². The Balaban J connectivity index is 1.58. The van der Waals surface area contributed by atoms with E-state index < -0.39 is 46.5 Å². The molecule has 7 rings (SSSR count). The van der Waals surface area contributed by atoms with E-state index in [1.165, 1.54) is 21.3 Å². The fraction of sp³-hybridized carbons (Fsp3) is 0.226. The zero-order valence-corrected chi connectivity index (χ0v) is 24.6. The summed E-state index contributed by atoms with van der Waals surface area (Å²) in [6.07, 6.45) is 1.95. The molecular formula is C31H24BrClN4O5. The van der Waals surface area contributed by atoms with Gasteiger partial charge in [-0.3, -0.25) is 9.59 Å². The minimum Gasteiger partial charge on any atom is -0.508 e. The Labute approximate surface area is 253 Å². The van der Waals surface area contributed by atoms with Crippen molar-refractivity contribution in [1.82, 2.24) is 13.9 Å². The molecule has 4 atom stereocenters. The molecule has 2 fully saturated rings. The summed E-state index contributed by atoms with van der Waals surface area (Å²) in [5, 5.41) is 11.7. The number of hydrogen-bond acceptors (Lipinski definition) is 5. The van der Waals surface area contributed by atoms with E-state index in [0.717, 1.165) is 4.57 Å². The molecule has 9 nitrogen and oxygen atoms in total. The number of aromatic hydroxyl groups is 1. The maximum atomic E-state index is 15.0. The lowest BCUT2D eigenvalue weighted by atomic mass is 9.53. The molecule has 0 radical (unpaired) electrons. The quantitative estimate of drug-likeness (QED) is 0.264. The number of rotatable bonds is 3. The van der Waals surface area contributed by atoms with E-state index in [9.17, 15) is 19.5 Å². The van der Waals surface area contributed by atoms with Crippen molar-refractivity contribution >= 4 is 45.0 Å². The van der Waals surface area contributed by atoms with Gasteiger partial charge in [0.15, 0.2) is 0 Å². The predicted octanol–water partition coefficient (Wildman–Crippen LogP) is 4.27. The lowest BCUT2D eigenvalue weighted by Crippen LogP contribution is -2.53. The number of hydrogen-bond donors (Lipinski definition) is 1. The molecule has 42 heavy (non-hydrogen) atoms. The lowest BCUT2D eigenvalue weighted by Gasteiger charge is -2.49. The van der Waals surface area contributed by atoms with E-state index in [1.807, 2.05) is 36.4 Å². The number of amides is 2. The minimum atomic E-state index is -1.47. The Morgan fingerprint density at radius 3 is 2.45 bits per heavy atom. The van der Waals surface area contributed by atoms with Gasteiger partial charge in [-0.05, 0) is 54.0 Å². The second-order valence-corrected chi connectivity index (χ2v) is 12.2. The number of anilines is 1. The number of allylic oxidation sites excluding steroid dienone is 2. The van der Waals surface area contributed by atoms with Crippen LogP contribution in [0.5, 0.6) is 5.75 Å². The summed E-state index contributed by atoms with van der Waals surface area (Å²) in [6.45, 7) is 0.0989. The van der Waals surface area contributed by atoms with Crippen LogP contribution in [0.25, 0.3) is 0 Å². The number of phenolic OH excluding ortho intramolecular Hbond substituents is 1. The van der Waals surface area contributed by atoms with E-state index in [1.54, 1.807) is 42.5 Å². The van der Waals surface area contributed by atoms with Crippen LogP contribution in [0.2, 0.25) is 5.02 Å². The molecule has 3 aliphatic rings. The molecule has 2 aliphatic heterocycles. The van der Waals surface area contributed by atoms with Crippen LogP contribution in [0.3, 0.4) is 0 Å². The summed E-state index contributed by atoms with van der Waals surface area (Å²) < 4.78 is 4.47. The highest BCUT2D eigenvalue weighted by Gasteiger charge is 2.69. The van der Waals surface area contributed by atoms with Gasteiger partial charge in [-0.15, -0.1) is 0 Å². The Kier molecular flexibility index (Phi) is 6.00. The fourth-order valence-electron chi connectivity index (χ4n) is 7.22. The van der Waals surface area contributed by atoms with Gasteiger partial charge < -0.3 is 5.11 Å². The minimum absolute atomic E-state index is 0.0522. The van der Waals surface area contributed by atoms with Crippen molar-refractivity contribution in [3.8, 4) is 5.75 Å².